The summed E-state index contributed by atoms with van der Waals surface area (Å²) in [5.41, 5.74) is 7.19. The van der Waals surface area contributed by atoms with E-state index in [2.05, 4.69) is 20.7 Å². The summed E-state index contributed by atoms with van der Waals surface area (Å²) in [7, 11) is -2.02. The van der Waals surface area contributed by atoms with Crippen molar-refractivity contribution in [3.05, 3.63) is 27.7 Å². The van der Waals surface area contributed by atoms with Gasteiger partial charge in [-0.05, 0) is 40.0 Å². The molecule has 1 rings (SSSR count). The number of halogens is 1. The number of rotatable bonds is 9. The number of benzene rings is 1. The zero-order valence-electron chi connectivity index (χ0n) is 12.2. The Bertz CT molecular complexity index is 564. The van der Waals surface area contributed by atoms with Crippen LogP contribution in [-0.4, -0.2) is 41.9 Å². The molecular weight excluding hydrogens is 360 g/mol. The molecule has 0 saturated heterocycles. The Balaban J connectivity index is 2.72. The lowest BCUT2D eigenvalue weighted by molar-refractivity contribution is 0.0736. The average molecular weight is 381 g/mol. The molecule has 0 fully saturated rings. The second-order valence-corrected chi connectivity index (χ2v) is 6.96. The van der Waals surface area contributed by atoms with Gasteiger partial charge >= 0.3 is 0 Å². The summed E-state index contributed by atoms with van der Waals surface area (Å²) in [6.45, 7) is 3.52. The second-order valence-electron chi connectivity index (χ2n) is 4.43. The number of methoxy groups -OCH3 is 1. The molecule has 0 atom stereocenters. The summed E-state index contributed by atoms with van der Waals surface area (Å²) in [4.78, 5) is 0.194. The molecule has 120 valence electrons. The van der Waals surface area contributed by atoms with E-state index in [1.807, 2.05) is 13.0 Å². The molecule has 0 aliphatic carbocycles. The summed E-state index contributed by atoms with van der Waals surface area (Å²) in [5, 5.41) is 0. The van der Waals surface area contributed by atoms with E-state index in [9.17, 15) is 8.42 Å². The Morgan fingerprint density at radius 2 is 2.00 bits per heavy atom. The first-order valence-corrected chi connectivity index (χ1v) is 8.75. The molecule has 3 N–H and O–H groups in total. The first-order chi connectivity index (χ1) is 9.92. The molecule has 0 unspecified atom stereocenters. The van der Waals surface area contributed by atoms with Gasteiger partial charge in [-0.15, -0.1) is 0 Å². The molecule has 1 aromatic carbocycles. The Kier molecular flexibility index (Phi) is 7.78. The van der Waals surface area contributed by atoms with Crippen LogP contribution in [0.1, 0.15) is 11.1 Å². The van der Waals surface area contributed by atoms with Gasteiger partial charge in [0.2, 0.25) is 10.0 Å². The quantitative estimate of drug-likeness (QED) is 0.627. The standard InChI is InChI=1S/C13H21BrN2O4S/c1-10-7-11(9-15)8-12(13(10)14)21(17,18)16-3-4-20-6-5-19-2/h7-8,16H,3-6,9,15H2,1-2H3. The normalized spacial score (nSPS) is 11.8. The Morgan fingerprint density at radius 3 is 2.62 bits per heavy atom. The van der Waals surface area contributed by atoms with E-state index >= 15 is 0 Å². The highest BCUT2D eigenvalue weighted by Gasteiger charge is 2.19. The fraction of sp³-hybridized carbons (Fsp3) is 0.538. The van der Waals surface area contributed by atoms with Crippen molar-refractivity contribution in [3.63, 3.8) is 0 Å². The second kappa shape index (κ2) is 8.82. The molecule has 0 aromatic heterocycles. The van der Waals surface area contributed by atoms with E-state index in [4.69, 9.17) is 15.2 Å². The van der Waals surface area contributed by atoms with Crippen molar-refractivity contribution < 1.29 is 17.9 Å². The fourth-order valence-electron chi connectivity index (χ4n) is 1.69. The van der Waals surface area contributed by atoms with E-state index in [0.29, 0.717) is 17.7 Å². The fourth-order valence-corrected chi connectivity index (χ4v) is 3.77. The van der Waals surface area contributed by atoms with Gasteiger partial charge in [0.25, 0.3) is 0 Å². The number of nitrogens with two attached hydrogens (primary N) is 1. The summed E-state index contributed by atoms with van der Waals surface area (Å²) >= 11 is 3.31. The van der Waals surface area contributed by atoms with Crippen LogP contribution in [0.2, 0.25) is 0 Å². The maximum absolute atomic E-state index is 12.3. The van der Waals surface area contributed by atoms with Gasteiger partial charge < -0.3 is 15.2 Å². The van der Waals surface area contributed by atoms with Crippen LogP contribution in [0.15, 0.2) is 21.5 Å². The number of ether oxygens (including phenoxy) is 2. The van der Waals surface area contributed by atoms with Gasteiger partial charge in [-0.25, -0.2) is 13.1 Å². The van der Waals surface area contributed by atoms with E-state index in [0.717, 1.165) is 11.1 Å². The number of sulfonamides is 1. The van der Waals surface area contributed by atoms with Gasteiger partial charge in [-0.2, -0.15) is 0 Å². The molecule has 0 aliphatic heterocycles. The number of hydrogen-bond donors (Lipinski definition) is 2. The smallest absolute Gasteiger partial charge is 0.241 e. The highest BCUT2D eigenvalue weighted by Crippen LogP contribution is 2.27. The van der Waals surface area contributed by atoms with Crippen LogP contribution in [0.4, 0.5) is 0 Å². The van der Waals surface area contributed by atoms with Crippen LogP contribution in [-0.2, 0) is 26.0 Å². The van der Waals surface area contributed by atoms with E-state index in [1.54, 1.807) is 13.2 Å². The van der Waals surface area contributed by atoms with Crippen LogP contribution >= 0.6 is 15.9 Å². The molecule has 8 heteroatoms. The lowest BCUT2D eigenvalue weighted by Gasteiger charge is -2.12. The van der Waals surface area contributed by atoms with Crippen molar-refractivity contribution in [2.75, 3.05) is 33.5 Å². The van der Waals surface area contributed by atoms with Crippen molar-refractivity contribution in [2.24, 2.45) is 5.73 Å². The van der Waals surface area contributed by atoms with Crippen LogP contribution in [0.3, 0.4) is 0 Å². The van der Waals surface area contributed by atoms with Crippen molar-refractivity contribution in [1.82, 2.24) is 4.72 Å². The summed E-state index contributed by atoms with van der Waals surface area (Å²) in [5.74, 6) is 0. The minimum absolute atomic E-state index is 0.194. The third kappa shape index (κ3) is 5.65. The topological polar surface area (TPSA) is 90.6 Å². The minimum atomic E-state index is -3.60. The molecule has 0 spiro atoms. The van der Waals surface area contributed by atoms with Crippen LogP contribution in [0.25, 0.3) is 0 Å². The Hall–Kier alpha value is -0.510. The van der Waals surface area contributed by atoms with Crippen LogP contribution in [0.5, 0.6) is 0 Å². The Labute approximate surface area is 134 Å². The molecule has 21 heavy (non-hydrogen) atoms. The molecule has 1 aromatic rings. The maximum Gasteiger partial charge on any atom is 0.241 e. The predicted octanol–water partition coefficient (Wildman–Crippen LogP) is 1.16. The Morgan fingerprint density at radius 1 is 1.29 bits per heavy atom. The molecular formula is C13H21BrN2O4S. The van der Waals surface area contributed by atoms with E-state index < -0.39 is 10.0 Å². The summed E-state index contributed by atoms with van der Waals surface area (Å²) in [6.07, 6.45) is 0. The molecule has 0 saturated carbocycles. The van der Waals surface area contributed by atoms with Crippen molar-refractivity contribution in [2.45, 2.75) is 18.4 Å². The highest BCUT2D eigenvalue weighted by atomic mass is 79.9. The number of nitrogens with one attached hydrogen (secondary N) is 1. The van der Waals surface area contributed by atoms with Gasteiger partial charge in [0.05, 0.1) is 24.7 Å². The zero-order chi connectivity index (χ0) is 15.9. The molecule has 6 nitrogen and oxygen atoms in total. The monoisotopic (exact) mass is 380 g/mol. The van der Waals surface area contributed by atoms with Gasteiger partial charge in [0.1, 0.15) is 0 Å². The van der Waals surface area contributed by atoms with Crippen molar-refractivity contribution in [1.29, 1.82) is 0 Å². The van der Waals surface area contributed by atoms with Crippen molar-refractivity contribution in [3.8, 4) is 0 Å². The molecule has 0 aliphatic rings. The first kappa shape index (κ1) is 18.5. The van der Waals surface area contributed by atoms with Gasteiger partial charge in [-0.1, -0.05) is 6.07 Å². The highest BCUT2D eigenvalue weighted by molar-refractivity contribution is 9.10. The van der Waals surface area contributed by atoms with Crippen molar-refractivity contribution >= 4 is 26.0 Å². The predicted molar refractivity (Wildman–Crippen MR) is 84.7 cm³/mol. The van der Waals surface area contributed by atoms with Crippen LogP contribution in [0, 0.1) is 6.92 Å². The third-order valence-electron chi connectivity index (χ3n) is 2.78. The van der Waals surface area contributed by atoms with Gasteiger partial charge in [-0.3, -0.25) is 0 Å². The molecule has 0 heterocycles. The SMILES string of the molecule is COCCOCCNS(=O)(=O)c1cc(CN)cc(C)c1Br. The summed E-state index contributed by atoms with van der Waals surface area (Å²) < 4.78 is 37.7. The number of aryl methyl sites for hydroxylation is 1. The first-order valence-electron chi connectivity index (χ1n) is 6.47. The molecule has 0 amide bonds. The lowest BCUT2D eigenvalue weighted by atomic mass is 10.1. The lowest BCUT2D eigenvalue weighted by Crippen LogP contribution is -2.28. The zero-order valence-corrected chi connectivity index (χ0v) is 14.6. The van der Waals surface area contributed by atoms with Crippen LogP contribution < -0.4 is 10.5 Å². The van der Waals surface area contributed by atoms with E-state index in [-0.39, 0.29) is 24.6 Å². The minimum Gasteiger partial charge on any atom is -0.382 e. The molecule has 0 bridgehead atoms. The van der Waals surface area contributed by atoms with Gasteiger partial charge in [0.15, 0.2) is 0 Å². The third-order valence-corrected chi connectivity index (χ3v) is 5.58. The summed E-state index contributed by atoms with van der Waals surface area (Å²) in [6, 6.07) is 3.43. The molecule has 0 radical (unpaired) electrons. The van der Waals surface area contributed by atoms with E-state index in [1.165, 1.54) is 0 Å². The van der Waals surface area contributed by atoms with Gasteiger partial charge in [0, 0.05) is 24.7 Å². The largest absolute Gasteiger partial charge is 0.382 e. The average Bonchev–Trinajstić information content (AvgIpc) is 2.45. The maximum atomic E-state index is 12.3. The number of hydrogen-bond acceptors (Lipinski definition) is 5.